The van der Waals surface area contributed by atoms with Crippen LogP contribution in [-0.4, -0.2) is 41.9 Å². The largest absolute Gasteiger partial charge is 0.453 e. The van der Waals surface area contributed by atoms with Gasteiger partial charge in [-0.2, -0.15) is 0 Å². The molecule has 118 valence electrons. The standard InChI is InChI=1S/C17H20ClNO3/c1-19(16(20)22-2)15-7-4-9-17(21,12-15)10-8-13-5-3-6-14(18)11-13/h3,5-6,11,15,21H,4,7,9,12H2,1-2H3/t15?,17-/m0/s1. The maximum atomic E-state index is 11.6. The molecule has 1 unspecified atom stereocenters. The first-order chi connectivity index (χ1) is 10.4. The Morgan fingerprint density at radius 1 is 1.55 bits per heavy atom. The smallest absolute Gasteiger partial charge is 0.409 e. The predicted molar refractivity (Wildman–Crippen MR) is 85.7 cm³/mol. The SMILES string of the molecule is COC(=O)N(C)C1CCC[C@](O)(C#Cc2cccc(Cl)c2)C1. The highest BCUT2D eigenvalue weighted by atomic mass is 35.5. The first kappa shape index (κ1) is 16.7. The number of halogens is 1. The predicted octanol–water partition coefficient (Wildman–Crippen LogP) is 3.06. The van der Waals surface area contributed by atoms with E-state index in [2.05, 4.69) is 11.8 Å². The van der Waals surface area contributed by atoms with Crippen molar-refractivity contribution in [3.8, 4) is 11.8 Å². The molecule has 4 nitrogen and oxygen atoms in total. The molecule has 1 aromatic rings. The molecule has 0 heterocycles. The van der Waals surface area contributed by atoms with Crippen LogP contribution in [0.2, 0.25) is 5.02 Å². The van der Waals surface area contributed by atoms with Crippen LogP contribution in [0.5, 0.6) is 0 Å². The topological polar surface area (TPSA) is 49.8 Å². The molecule has 0 spiro atoms. The lowest BCUT2D eigenvalue weighted by molar-refractivity contribution is 0.0199. The van der Waals surface area contributed by atoms with Crippen LogP contribution in [0, 0.1) is 11.8 Å². The number of methoxy groups -OCH3 is 1. The number of carbonyl (C=O) groups is 1. The Bertz CT molecular complexity index is 607. The van der Waals surface area contributed by atoms with E-state index in [1.165, 1.54) is 12.0 Å². The second-order valence-electron chi connectivity index (χ2n) is 5.62. The van der Waals surface area contributed by atoms with E-state index in [4.69, 9.17) is 16.3 Å². The summed E-state index contributed by atoms with van der Waals surface area (Å²) in [6.07, 6.45) is 2.29. The zero-order chi connectivity index (χ0) is 16.2. The highest BCUT2D eigenvalue weighted by Gasteiger charge is 2.36. The van der Waals surface area contributed by atoms with Crippen molar-refractivity contribution in [3.63, 3.8) is 0 Å². The molecule has 1 aliphatic carbocycles. The van der Waals surface area contributed by atoms with E-state index >= 15 is 0 Å². The van der Waals surface area contributed by atoms with Gasteiger partial charge >= 0.3 is 6.09 Å². The van der Waals surface area contributed by atoms with E-state index in [0.717, 1.165) is 18.4 Å². The maximum absolute atomic E-state index is 11.6. The minimum Gasteiger partial charge on any atom is -0.453 e. The molecule has 1 aromatic carbocycles. The van der Waals surface area contributed by atoms with Gasteiger partial charge in [0.2, 0.25) is 0 Å². The Balaban J connectivity index is 2.11. The molecule has 22 heavy (non-hydrogen) atoms. The first-order valence-corrected chi connectivity index (χ1v) is 7.63. The van der Waals surface area contributed by atoms with Crippen LogP contribution in [0.4, 0.5) is 4.79 Å². The zero-order valence-electron chi connectivity index (χ0n) is 12.8. The molecule has 0 bridgehead atoms. The van der Waals surface area contributed by atoms with E-state index in [9.17, 15) is 9.90 Å². The highest BCUT2D eigenvalue weighted by molar-refractivity contribution is 6.30. The third-order valence-electron chi connectivity index (χ3n) is 3.98. The monoisotopic (exact) mass is 321 g/mol. The van der Waals surface area contributed by atoms with Gasteiger partial charge in [0.15, 0.2) is 0 Å². The first-order valence-electron chi connectivity index (χ1n) is 7.25. The van der Waals surface area contributed by atoms with Crippen LogP contribution in [0.25, 0.3) is 0 Å². The molecular weight excluding hydrogens is 302 g/mol. The van der Waals surface area contributed by atoms with Gasteiger partial charge in [-0.15, -0.1) is 0 Å². The third-order valence-corrected chi connectivity index (χ3v) is 4.21. The molecule has 2 atom stereocenters. The van der Waals surface area contributed by atoms with Crippen molar-refractivity contribution in [1.82, 2.24) is 4.90 Å². The lowest BCUT2D eigenvalue weighted by Crippen LogP contribution is -2.46. The summed E-state index contributed by atoms with van der Waals surface area (Å²) in [5, 5.41) is 11.3. The van der Waals surface area contributed by atoms with Crippen LogP contribution in [0.15, 0.2) is 24.3 Å². The summed E-state index contributed by atoms with van der Waals surface area (Å²) in [6.45, 7) is 0. The van der Waals surface area contributed by atoms with Gasteiger partial charge in [-0.3, -0.25) is 0 Å². The van der Waals surface area contributed by atoms with Gasteiger partial charge < -0.3 is 14.7 Å². The molecule has 0 radical (unpaired) electrons. The number of rotatable bonds is 1. The molecule has 1 N–H and O–H groups in total. The number of aliphatic hydroxyl groups is 1. The van der Waals surface area contributed by atoms with Crippen LogP contribution in [0.3, 0.4) is 0 Å². The van der Waals surface area contributed by atoms with E-state index < -0.39 is 11.7 Å². The molecule has 0 saturated heterocycles. The summed E-state index contributed by atoms with van der Waals surface area (Å²) in [4.78, 5) is 13.1. The van der Waals surface area contributed by atoms with Crippen LogP contribution < -0.4 is 0 Å². The van der Waals surface area contributed by atoms with Gasteiger partial charge in [0, 0.05) is 30.1 Å². The second kappa shape index (κ2) is 7.04. The van der Waals surface area contributed by atoms with Crippen molar-refractivity contribution < 1.29 is 14.6 Å². The minimum atomic E-state index is -1.09. The second-order valence-corrected chi connectivity index (χ2v) is 6.06. The van der Waals surface area contributed by atoms with Gasteiger partial charge in [0.1, 0.15) is 5.60 Å². The summed E-state index contributed by atoms with van der Waals surface area (Å²) in [5.41, 5.74) is -0.322. The molecular formula is C17H20ClNO3. The number of hydrogen-bond acceptors (Lipinski definition) is 3. The van der Waals surface area contributed by atoms with Gasteiger partial charge in [0.25, 0.3) is 0 Å². The summed E-state index contributed by atoms with van der Waals surface area (Å²) in [7, 11) is 3.04. The summed E-state index contributed by atoms with van der Waals surface area (Å²) < 4.78 is 4.73. The fraction of sp³-hybridized carbons (Fsp3) is 0.471. The number of carbonyl (C=O) groups excluding carboxylic acids is 1. The number of hydrogen-bond donors (Lipinski definition) is 1. The normalized spacial score (nSPS) is 24.1. The zero-order valence-corrected chi connectivity index (χ0v) is 13.6. The molecule has 0 aliphatic heterocycles. The fourth-order valence-electron chi connectivity index (χ4n) is 2.72. The Kier molecular flexibility index (Phi) is 5.33. The van der Waals surface area contributed by atoms with E-state index in [1.54, 1.807) is 19.2 Å². The summed E-state index contributed by atoms with van der Waals surface area (Å²) in [6, 6.07) is 7.15. The quantitative estimate of drug-likeness (QED) is 0.809. The molecule has 1 aliphatic rings. The Morgan fingerprint density at radius 2 is 2.32 bits per heavy atom. The average molecular weight is 322 g/mol. The molecule has 1 fully saturated rings. The van der Waals surface area contributed by atoms with Crippen LogP contribution >= 0.6 is 11.6 Å². The molecule has 2 rings (SSSR count). The highest BCUT2D eigenvalue weighted by Crippen LogP contribution is 2.30. The van der Waals surface area contributed by atoms with E-state index in [1.807, 2.05) is 12.1 Å². The summed E-state index contributed by atoms with van der Waals surface area (Å²) >= 11 is 5.93. The van der Waals surface area contributed by atoms with Crippen molar-refractivity contribution in [1.29, 1.82) is 0 Å². The number of amides is 1. The summed E-state index contributed by atoms with van der Waals surface area (Å²) in [5.74, 6) is 5.93. The van der Waals surface area contributed by atoms with Crippen molar-refractivity contribution in [2.45, 2.75) is 37.3 Å². The molecule has 5 heteroatoms. The number of ether oxygens (including phenoxy) is 1. The van der Waals surface area contributed by atoms with Crippen molar-refractivity contribution in [3.05, 3.63) is 34.9 Å². The average Bonchev–Trinajstić information content (AvgIpc) is 2.52. The van der Waals surface area contributed by atoms with E-state index in [-0.39, 0.29) is 6.04 Å². The fourth-order valence-corrected chi connectivity index (χ4v) is 2.91. The maximum Gasteiger partial charge on any atom is 0.409 e. The van der Waals surface area contributed by atoms with Gasteiger partial charge in [-0.05, 0) is 37.5 Å². The number of benzene rings is 1. The lowest BCUT2D eigenvalue weighted by Gasteiger charge is -2.37. The number of nitrogens with zero attached hydrogens (tertiary/aromatic N) is 1. The van der Waals surface area contributed by atoms with Crippen molar-refractivity contribution in [2.24, 2.45) is 0 Å². The minimum absolute atomic E-state index is 0.0696. The lowest BCUT2D eigenvalue weighted by atomic mass is 9.81. The van der Waals surface area contributed by atoms with Crippen LogP contribution in [0.1, 0.15) is 31.2 Å². The molecule has 1 amide bonds. The molecule has 0 aromatic heterocycles. The van der Waals surface area contributed by atoms with Crippen molar-refractivity contribution in [2.75, 3.05) is 14.2 Å². The van der Waals surface area contributed by atoms with Gasteiger partial charge in [0.05, 0.1) is 7.11 Å². The van der Waals surface area contributed by atoms with Crippen LogP contribution in [-0.2, 0) is 4.74 Å². The Labute approximate surface area is 136 Å². The van der Waals surface area contributed by atoms with Gasteiger partial charge in [-0.1, -0.05) is 29.5 Å². The third kappa shape index (κ3) is 4.16. The van der Waals surface area contributed by atoms with E-state index in [0.29, 0.717) is 17.9 Å². The molecule has 1 saturated carbocycles. The van der Waals surface area contributed by atoms with Crippen molar-refractivity contribution >= 4 is 17.7 Å². The Hall–Kier alpha value is -1.70. The van der Waals surface area contributed by atoms with Gasteiger partial charge in [-0.25, -0.2) is 4.79 Å². The Morgan fingerprint density at radius 3 is 3.00 bits per heavy atom.